The van der Waals surface area contributed by atoms with Crippen LogP contribution in [-0.2, 0) is 4.79 Å². The molecule has 0 spiro atoms. The molecule has 0 aromatic rings. The first-order valence-corrected chi connectivity index (χ1v) is 12.0. The number of nitrogens with two attached hydrogens (primary N) is 1. The van der Waals surface area contributed by atoms with Crippen molar-refractivity contribution in [3.05, 3.63) is 12.2 Å². The van der Waals surface area contributed by atoms with E-state index >= 15 is 0 Å². The molecule has 4 heteroatoms. The van der Waals surface area contributed by atoms with Crippen LogP contribution in [0.2, 0.25) is 0 Å². The third-order valence-corrected chi connectivity index (χ3v) is 5.91. The monoisotopic (exact) mass is 394 g/mol. The molecule has 4 nitrogen and oxygen atoms in total. The number of carbonyl (C=O) groups excluding carboxylic acids is 1. The van der Waals surface area contributed by atoms with Crippen molar-refractivity contribution in [2.24, 2.45) is 5.73 Å². The molecule has 0 aromatic carbocycles. The first-order valence-electron chi connectivity index (χ1n) is 12.0. The summed E-state index contributed by atoms with van der Waals surface area (Å²) in [4.78, 5) is 12.0. The van der Waals surface area contributed by atoms with Crippen molar-refractivity contribution in [1.29, 1.82) is 0 Å². The Labute approximate surface area is 173 Å². The fraction of sp³-hybridized carbons (Fsp3) is 0.875. The third kappa shape index (κ3) is 13.3. The number of aliphatic hydroxyl groups excluding tert-OH is 1. The highest BCUT2D eigenvalue weighted by Gasteiger charge is 2.22. The van der Waals surface area contributed by atoms with Crippen molar-refractivity contribution in [3.8, 4) is 0 Å². The lowest BCUT2D eigenvalue weighted by Gasteiger charge is -2.29. The van der Waals surface area contributed by atoms with Crippen LogP contribution in [0.15, 0.2) is 12.2 Å². The zero-order valence-corrected chi connectivity index (χ0v) is 18.3. The Morgan fingerprint density at radius 1 is 1.04 bits per heavy atom. The van der Waals surface area contributed by atoms with Crippen molar-refractivity contribution in [3.63, 3.8) is 0 Å². The highest BCUT2D eigenvalue weighted by Crippen LogP contribution is 2.17. The van der Waals surface area contributed by atoms with Crippen molar-refractivity contribution in [2.75, 3.05) is 0 Å². The van der Waals surface area contributed by atoms with Crippen molar-refractivity contribution in [1.82, 2.24) is 5.32 Å². The van der Waals surface area contributed by atoms with E-state index in [1.807, 2.05) is 0 Å². The van der Waals surface area contributed by atoms with Gasteiger partial charge in [0.25, 0.3) is 0 Å². The molecule has 1 saturated carbocycles. The lowest BCUT2D eigenvalue weighted by Crippen LogP contribution is -2.49. The summed E-state index contributed by atoms with van der Waals surface area (Å²) in [5.41, 5.74) is 6.09. The van der Waals surface area contributed by atoms with E-state index in [-0.39, 0.29) is 24.1 Å². The van der Waals surface area contributed by atoms with E-state index in [9.17, 15) is 9.90 Å². The molecule has 1 rings (SSSR count). The van der Waals surface area contributed by atoms with E-state index in [1.165, 1.54) is 51.4 Å². The van der Waals surface area contributed by atoms with Gasteiger partial charge in [-0.15, -0.1) is 0 Å². The summed E-state index contributed by atoms with van der Waals surface area (Å²) in [6.45, 7) is 2.21. The Hall–Kier alpha value is -0.870. The lowest BCUT2D eigenvalue weighted by atomic mass is 9.91. The maximum absolute atomic E-state index is 12.0. The topological polar surface area (TPSA) is 75.3 Å². The van der Waals surface area contributed by atoms with Gasteiger partial charge in [0.1, 0.15) is 0 Å². The fourth-order valence-corrected chi connectivity index (χ4v) is 3.99. The molecule has 164 valence electrons. The molecule has 0 radical (unpaired) electrons. The normalized spacial score (nSPS) is 21.1. The fourth-order valence-electron chi connectivity index (χ4n) is 3.99. The van der Waals surface area contributed by atoms with Gasteiger partial charge in [-0.2, -0.15) is 0 Å². The molecule has 1 fully saturated rings. The Kier molecular flexibility index (Phi) is 15.3. The SMILES string of the molecule is CCCCCC[C@@H](O)C/C=C\CCCCCCCC(=O)NC1CCCCC1N. The predicted octanol–water partition coefficient (Wildman–Crippen LogP) is 5.38. The number of allylic oxidation sites excluding steroid dienone is 1. The largest absolute Gasteiger partial charge is 0.393 e. The van der Waals surface area contributed by atoms with Gasteiger partial charge in [0.15, 0.2) is 0 Å². The first-order chi connectivity index (χ1) is 13.6. The smallest absolute Gasteiger partial charge is 0.220 e. The number of aliphatic hydroxyl groups is 1. The van der Waals surface area contributed by atoms with Gasteiger partial charge in [-0.25, -0.2) is 0 Å². The molecule has 1 aliphatic carbocycles. The third-order valence-electron chi connectivity index (χ3n) is 5.91. The summed E-state index contributed by atoms with van der Waals surface area (Å²) in [6.07, 6.45) is 22.8. The van der Waals surface area contributed by atoms with Gasteiger partial charge in [0.05, 0.1) is 6.10 Å². The highest BCUT2D eigenvalue weighted by atomic mass is 16.3. The summed E-state index contributed by atoms with van der Waals surface area (Å²) in [5, 5.41) is 13.0. The molecule has 1 amide bonds. The number of hydrogen-bond acceptors (Lipinski definition) is 3. The molecular formula is C24H46N2O2. The Balaban J connectivity index is 1.88. The minimum atomic E-state index is -0.164. The Morgan fingerprint density at radius 2 is 1.75 bits per heavy atom. The summed E-state index contributed by atoms with van der Waals surface area (Å²) in [7, 11) is 0. The zero-order chi connectivity index (χ0) is 20.5. The van der Waals surface area contributed by atoms with Crippen LogP contribution in [-0.4, -0.2) is 29.2 Å². The molecule has 4 N–H and O–H groups in total. The van der Waals surface area contributed by atoms with Gasteiger partial charge in [-0.1, -0.05) is 76.9 Å². The van der Waals surface area contributed by atoms with E-state index in [4.69, 9.17) is 5.73 Å². The van der Waals surface area contributed by atoms with E-state index < -0.39 is 0 Å². The molecule has 3 atom stereocenters. The van der Waals surface area contributed by atoms with Crippen LogP contribution in [0.5, 0.6) is 0 Å². The van der Waals surface area contributed by atoms with E-state index in [0.717, 1.165) is 51.4 Å². The molecular weight excluding hydrogens is 348 g/mol. The molecule has 0 aromatic heterocycles. The zero-order valence-electron chi connectivity index (χ0n) is 18.3. The van der Waals surface area contributed by atoms with Gasteiger partial charge in [0.2, 0.25) is 5.91 Å². The minimum absolute atomic E-state index is 0.146. The summed E-state index contributed by atoms with van der Waals surface area (Å²) in [5.74, 6) is 0.179. The molecule has 2 unspecified atom stereocenters. The Morgan fingerprint density at radius 3 is 2.54 bits per heavy atom. The molecule has 28 heavy (non-hydrogen) atoms. The average molecular weight is 395 g/mol. The van der Waals surface area contributed by atoms with Crippen molar-refractivity contribution in [2.45, 2.75) is 134 Å². The number of rotatable bonds is 16. The Bertz CT molecular complexity index is 411. The van der Waals surface area contributed by atoms with Crippen LogP contribution in [0.3, 0.4) is 0 Å². The molecule has 0 heterocycles. The van der Waals surface area contributed by atoms with Gasteiger partial charge in [0, 0.05) is 18.5 Å². The second kappa shape index (κ2) is 17.0. The second-order valence-corrected chi connectivity index (χ2v) is 8.64. The molecule has 0 bridgehead atoms. The molecule has 1 aliphatic rings. The standard InChI is InChI=1S/C24H46N2O2/c1-2-3-4-11-16-21(27)17-12-9-7-5-6-8-10-13-20-24(28)26-23-19-15-14-18-22(23)25/h9,12,21-23,27H,2-8,10-11,13-20,25H2,1H3,(H,26,28)/b12-9-/t21-,22?,23?/m1/s1. The average Bonchev–Trinajstić information content (AvgIpc) is 2.68. The first kappa shape index (κ1) is 25.2. The second-order valence-electron chi connectivity index (χ2n) is 8.64. The van der Waals surface area contributed by atoms with Crippen LogP contribution in [0.4, 0.5) is 0 Å². The number of amides is 1. The van der Waals surface area contributed by atoms with Gasteiger partial charge in [-0.05, 0) is 44.9 Å². The summed E-state index contributed by atoms with van der Waals surface area (Å²) in [6, 6.07) is 0.343. The van der Waals surface area contributed by atoms with E-state index in [2.05, 4.69) is 24.4 Å². The molecule has 0 aliphatic heterocycles. The van der Waals surface area contributed by atoms with Gasteiger partial charge < -0.3 is 16.2 Å². The van der Waals surface area contributed by atoms with Gasteiger partial charge >= 0.3 is 0 Å². The maximum atomic E-state index is 12.0. The summed E-state index contributed by atoms with van der Waals surface area (Å²) < 4.78 is 0. The summed E-state index contributed by atoms with van der Waals surface area (Å²) >= 11 is 0. The molecule has 0 saturated heterocycles. The maximum Gasteiger partial charge on any atom is 0.220 e. The lowest BCUT2D eigenvalue weighted by molar-refractivity contribution is -0.122. The van der Waals surface area contributed by atoms with Gasteiger partial charge in [-0.3, -0.25) is 4.79 Å². The van der Waals surface area contributed by atoms with Crippen LogP contribution < -0.4 is 11.1 Å². The number of hydrogen-bond donors (Lipinski definition) is 3. The number of nitrogens with one attached hydrogen (secondary N) is 1. The van der Waals surface area contributed by atoms with Crippen molar-refractivity contribution >= 4 is 5.91 Å². The van der Waals surface area contributed by atoms with Crippen molar-refractivity contribution < 1.29 is 9.90 Å². The van der Waals surface area contributed by atoms with E-state index in [1.54, 1.807) is 0 Å². The van der Waals surface area contributed by atoms with E-state index in [0.29, 0.717) is 6.42 Å². The van der Waals surface area contributed by atoms with Crippen LogP contribution in [0.1, 0.15) is 116 Å². The minimum Gasteiger partial charge on any atom is -0.393 e. The van der Waals surface area contributed by atoms with Crippen LogP contribution in [0.25, 0.3) is 0 Å². The number of carbonyl (C=O) groups is 1. The number of unbranched alkanes of at least 4 members (excludes halogenated alkanes) is 8. The van der Waals surface area contributed by atoms with Crippen LogP contribution in [0, 0.1) is 0 Å². The highest BCUT2D eigenvalue weighted by molar-refractivity contribution is 5.76. The van der Waals surface area contributed by atoms with Crippen LogP contribution >= 0.6 is 0 Å². The predicted molar refractivity (Wildman–Crippen MR) is 119 cm³/mol. The quantitative estimate of drug-likeness (QED) is 0.243.